The molecule has 134 valence electrons. The van der Waals surface area contributed by atoms with Crippen LogP contribution in [0.25, 0.3) is 0 Å². The van der Waals surface area contributed by atoms with E-state index in [2.05, 4.69) is 38.0 Å². The molecule has 1 aromatic carbocycles. The number of methoxy groups -OCH3 is 1. The lowest BCUT2D eigenvalue weighted by molar-refractivity contribution is 0.0736. The Hall–Kier alpha value is -2.30. The average molecular weight is 341 g/mol. The van der Waals surface area contributed by atoms with Gasteiger partial charge in [-0.05, 0) is 57.7 Å². The van der Waals surface area contributed by atoms with Crippen molar-refractivity contribution in [1.29, 1.82) is 0 Å². The minimum absolute atomic E-state index is 0.0894. The van der Waals surface area contributed by atoms with Gasteiger partial charge in [0.15, 0.2) is 0 Å². The maximum Gasteiger partial charge on any atom is 0.257 e. The molecule has 1 aliphatic heterocycles. The Bertz CT molecular complexity index is 728. The van der Waals surface area contributed by atoms with E-state index in [-0.39, 0.29) is 17.5 Å². The smallest absolute Gasteiger partial charge is 0.257 e. The van der Waals surface area contributed by atoms with Crippen molar-refractivity contribution in [1.82, 2.24) is 14.7 Å². The minimum atomic E-state index is -0.119. The van der Waals surface area contributed by atoms with Crippen molar-refractivity contribution >= 4 is 5.91 Å². The molecule has 1 aliphatic rings. The van der Waals surface area contributed by atoms with E-state index in [1.807, 2.05) is 27.9 Å². The molecule has 1 aromatic heterocycles. The molecule has 1 atom stereocenters. The van der Waals surface area contributed by atoms with Gasteiger partial charge in [0.25, 0.3) is 5.91 Å². The van der Waals surface area contributed by atoms with Gasteiger partial charge in [0, 0.05) is 18.8 Å². The number of hydrogen-bond acceptors (Lipinski definition) is 3. The molecule has 0 unspecified atom stereocenters. The Labute approximate surface area is 149 Å². The van der Waals surface area contributed by atoms with Crippen molar-refractivity contribution in [3.63, 3.8) is 0 Å². The van der Waals surface area contributed by atoms with Crippen LogP contribution in [0.15, 0.2) is 36.7 Å². The van der Waals surface area contributed by atoms with E-state index in [4.69, 9.17) is 4.74 Å². The highest BCUT2D eigenvalue weighted by atomic mass is 16.5. The van der Waals surface area contributed by atoms with E-state index >= 15 is 0 Å². The highest BCUT2D eigenvalue weighted by molar-refractivity contribution is 5.94. The van der Waals surface area contributed by atoms with Crippen LogP contribution in [-0.4, -0.2) is 40.3 Å². The summed E-state index contributed by atoms with van der Waals surface area (Å²) in [4.78, 5) is 14.9. The van der Waals surface area contributed by atoms with Gasteiger partial charge in [-0.2, -0.15) is 5.10 Å². The summed E-state index contributed by atoms with van der Waals surface area (Å²) in [5.74, 6) is 0.948. The lowest BCUT2D eigenvalue weighted by Crippen LogP contribution is -2.36. The monoisotopic (exact) mass is 341 g/mol. The maximum absolute atomic E-state index is 12.9. The number of carbonyl (C=O) groups excluding carboxylic acids is 1. The topological polar surface area (TPSA) is 47.4 Å². The number of rotatable bonds is 4. The minimum Gasteiger partial charge on any atom is -0.497 e. The number of ether oxygens (including phenoxy) is 1. The third-order valence-electron chi connectivity index (χ3n) is 4.79. The third-order valence-corrected chi connectivity index (χ3v) is 4.79. The molecule has 0 N–H and O–H groups in total. The van der Waals surface area contributed by atoms with E-state index < -0.39 is 0 Å². The zero-order chi connectivity index (χ0) is 18.0. The molecule has 0 aliphatic carbocycles. The Balaban J connectivity index is 1.72. The normalized spacial score (nSPS) is 17.8. The van der Waals surface area contributed by atoms with Gasteiger partial charge in [0.05, 0.1) is 24.4 Å². The maximum atomic E-state index is 12.9. The SMILES string of the molecule is COc1ccc(C[C@@H]2CCCN2C(=O)c2cnn(C(C)(C)C)c2)cc1. The summed E-state index contributed by atoms with van der Waals surface area (Å²) in [5.41, 5.74) is 1.79. The average Bonchev–Trinajstić information content (AvgIpc) is 3.24. The Kier molecular flexibility index (Phi) is 4.84. The standard InChI is InChI=1S/C20H27N3O2/c1-20(2,3)23-14-16(13-21-23)19(24)22-11-5-6-17(22)12-15-7-9-18(25-4)10-8-15/h7-10,13-14,17H,5-6,11-12H2,1-4H3/t17-/m0/s1. The predicted molar refractivity (Wildman–Crippen MR) is 98.0 cm³/mol. The number of carbonyl (C=O) groups is 1. The van der Waals surface area contributed by atoms with Crippen LogP contribution in [0.1, 0.15) is 49.5 Å². The van der Waals surface area contributed by atoms with Gasteiger partial charge in [-0.1, -0.05) is 12.1 Å². The van der Waals surface area contributed by atoms with Gasteiger partial charge in [0.2, 0.25) is 0 Å². The van der Waals surface area contributed by atoms with E-state index in [9.17, 15) is 4.79 Å². The number of amides is 1. The van der Waals surface area contributed by atoms with Crippen molar-refractivity contribution in [2.24, 2.45) is 0 Å². The molecular weight excluding hydrogens is 314 g/mol. The number of hydrogen-bond donors (Lipinski definition) is 0. The molecule has 2 aromatic rings. The van der Waals surface area contributed by atoms with Crippen LogP contribution in [0, 0.1) is 0 Å². The van der Waals surface area contributed by atoms with Crippen LogP contribution >= 0.6 is 0 Å². The van der Waals surface area contributed by atoms with Gasteiger partial charge in [-0.3, -0.25) is 9.48 Å². The summed E-state index contributed by atoms with van der Waals surface area (Å²) < 4.78 is 7.07. The molecule has 2 heterocycles. The van der Waals surface area contributed by atoms with E-state index in [1.54, 1.807) is 13.3 Å². The number of aromatic nitrogens is 2. The molecule has 1 fully saturated rings. The zero-order valence-electron chi connectivity index (χ0n) is 15.5. The Morgan fingerprint density at radius 3 is 2.60 bits per heavy atom. The van der Waals surface area contributed by atoms with Crippen LogP contribution in [0.2, 0.25) is 0 Å². The zero-order valence-corrected chi connectivity index (χ0v) is 15.5. The molecule has 0 spiro atoms. The highest BCUT2D eigenvalue weighted by Gasteiger charge is 2.30. The van der Waals surface area contributed by atoms with Gasteiger partial charge < -0.3 is 9.64 Å². The first-order valence-corrected chi connectivity index (χ1v) is 8.87. The summed E-state index contributed by atoms with van der Waals surface area (Å²) in [6.45, 7) is 7.06. The van der Waals surface area contributed by atoms with Crippen LogP contribution < -0.4 is 4.74 Å². The molecule has 25 heavy (non-hydrogen) atoms. The first-order chi connectivity index (χ1) is 11.9. The van der Waals surface area contributed by atoms with Crippen LogP contribution in [-0.2, 0) is 12.0 Å². The van der Waals surface area contributed by atoms with Crippen LogP contribution in [0.4, 0.5) is 0 Å². The fourth-order valence-corrected chi connectivity index (χ4v) is 3.31. The van der Waals surface area contributed by atoms with E-state index in [1.165, 1.54) is 5.56 Å². The van der Waals surface area contributed by atoms with Crippen molar-refractivity contribution in [2.75, 3.05) is 13.7 Å². The van der Waals surface area contributed by atoms with Crippen LogP contribution in [0.5, 0.6) is 5.75 Å². The van der Waals surface area contributed by atoms with Crippen molar-refractivity contribution in [2.45, 2.75) is 51.6 Å². The van der Waals surface area contributed by atoms with E-state index in [0.29, 0.717) is 5.56 Å². The lowest BCUT2D eigenvalue weighted by atomic mass is 10.0. The van der Waals surface area contributed by atoms with E-state index in [0.717, 1.165) is 31.6 Å². The van der Waals surface area contributed by atoms with Gasteiger partial charge in [-0.15, -0.1) is 0 Å². The first-order valence-electron chi connectivity index (χ1n) is 8.87. The second-order valence-corrected chi connectivity index (χ2v) is 7.69. The molecule has 0 saturated carbocycles. The molecule has 5 nitrogen and oxygen atoms in total. The van der Waals surface area contributed by atoms with Gasteiger partial charge >= 0.3 is 0 Å². The Morgan fingerprint density at radius 1 is 1.28 bits per heavy atom. The first kappa shape index (κ1) is 17.5. The number of likely N-dealkylation sites (tertiary alicyclic amines) is 1. The molecule has 1 saturated heterocycles. The second-order valence-electron chi connectivity index (χ2n) is 7.69. The third kappa shape index (κ3) is 3.86. The van der Waals surface area contributed by atoms with Gasteiger partial charge in [-0.25, -0.2) is 0 Å². The van der Waals surface area contributed by atoms with Crippen LogP contribution in [0.3, 0.4) is 0 Å². The summed E-state index contributed by atoms with van der Waals surface area (Å²) in [6, 6.07) is 8.36. The fourth-order valence-electron chi connectivity index (χ4n) is 3.31. The van der Waals surface area contributed by atoms with Crippen molar-refractivity contribution < 1.29 is 9.53 Å². The molecular formula is C20H27N3O2. The fraction of sp³-hybridized carbons (Fsp3) is 0.500. The summed E-state index contributed by atoms with van der Waals surface area (Å²) in [7, 11) is 1.67. The van der Waals surface area contributed by atoms with Crippen molar-refractivity contribution in [3.8, 4) is 5.75 Å². The van der Waals surface area contributed by atoms with Gasteiger partial charge in [0.1, 0.15) is 5.75 Å². The van der Waals surface area contributed by atoms with Crippen molar-refractivity contribution in [3.05, 3.63) is 47.8 Å². The highest BCUT2D eigenvalue weighted by Crippen LogP contribution is 2.25. The number of benzene rings is 1. The molecule has 1 amide bonds. The summed E-state index contributed by atoms with van der Waals surface area (Å²) in [5, 5.41) is 4.36. The largest absolute Gasteiger partial charge is 0.497 e. The Morgan fingerprint density at radius 2 is 2.00 bits per heavy atom. The summed E-state index contributed by atoms with van der Waals surface area (Å²) in [6.07, 6.45) is 6.54. The lowest BCUT2D eigenvalue weighted by Gasteiger charge is -2.24. The predicted octanol–water partition coefficient (Wildman–Crippen LogP) is 3.49. The quantitative estimate of drug-likeness (QED) is 0.855. The second kappa shape index (κ2) is 6.90. The summed E-state index contributed by atoms with van der Waals surface area (Å²) >= 11 is 0. The molecule has 5 heteroatoms. The number of nitrogens with zero attached hydrogens (tertiary/aromatic N) is 3. The molecule has 0 radical (unpaired) electrons. The molecule has 0 bridgehead atoms. The molecule has 3 rings (SSSR count).